The second-order valence-electron chi connectivity index (χ2n) is 5.67. The lowest BCUT2D eigenvalue weighted by Crippen LogP contribution is -2.18. The van der Waals surface area contributed by atoms with Crippen LogP contribution < -0.4 is 15.3 Å². The van der Waals surface area contributed by atoms with Crippen LogP contribution >= 0.6 is 0 Å². The highest BCUT2D eigenvalue weighted by molar-refractivity contribution is 7.89. The second-order valence-corrected chi connectivity index (χ2v) is 7.23. The number of methoxy groups -OCH3 is 1. The van der Waals surface area contributed by atoms with Crippen molar-refractivity contribution in [3.8, 4) is 5.75 Å². The number of carbonyl (C=O) groups excluding carboxylic acids is 1. The maximum absolute atomic E-state index is 12.1. The minimum absolute atomic E-state index is 0.0627. The smallest absolute Gasteiger partial charge is 0.271 e. The molecule has 0 saturated heterocycles. The molecule has 8 heteroatoms. The minimum Gasteiger partial charge on any atom is -0.496 e. The second kappa shape index (κ2) is 7.56. The van der Waals surface area contributed by atoms with Crippen LogP contribution in [0.15, 0.2) is 70.7 Å². The Kier molecular flexibility index (Phi) is 5.20. The molecule has 0 aromatic heterocycles. The molecule has 0 aliphatic rings. The normalized spacial score (nSPS) is 11.6. The van der Waals surface area contributed by atoms with Crippen LogP contribution in [0.4, 0.5) is 0 Å². The minimum atomic E-state index is -3.80. The van der Waals surface area contributed by atoms with E-state index in [0.29, 0.717) is 0 Å². The largest absolute Gasteiger partial charge is 0.496 e. The van der Waals surface area contributed by atoms with Gasteiger partial charge in [-0.05, 0) is 41.8 Å². The molecule has 1 amide bonds. The summed E-state index contributed by atoms with van der Waals surface area (Å²) in [6.07, 6.45) is 1.54. The Hall–Kier alpha value is -3.23. The molecule has 0 spiro atoms. The number of sulfonamides is 1. The monoisotopic (exact) mass is 383 g/mol. The van der Waals surface area contributed by atoms with Gasteiger partial charge in [0.1, 0.15) is 5.75 Å². The summed E-state index contributed by atoms with van der Waals surface area (Å²) in [5, 5.41) is 10.9. The first kappa shape index (κ1) is 18.6. The number of hydrogen-bond acceptors (Lipinski definition) is 5. The van der Waals surface area contributed by atoms with Gasteiger partial charge in [0.05, 0.1) is 18.2 Å². The van der Waals surface area contributed by atoms with Gasteiger partial charge in [-0.3, -0.25) is 4.79 Å². The predicted molar refractivity (Wildman–Crippen MR) is 103 cm³/mol. The average molecular weight is 383 g/mol. The summed E-state index contributed by atoms with van der Waals surface area (Å²) in [5.41, 5.74) is 3.50. The molecule has 0 heterocycles. The zero-order valence-electron chi connectivity index (χ0n) is 14.4. The van der Waals surface area contributed by atoms with Gasteiger partial charge in [0.25, 0.3) is 5.91 Å². The lowest BCUT2D eigenvalue weighted by Gasteiger charge is -2.07. The molecule has 0 fully saturated rings. The zero-order chi connectivity index (χ0) is 19.4. The van der Waals surface area contributed by atoms with E-state index >= 15 is 0 Å². The summed E-state index contributed by atoms with van der Waals surface area (Å²) in [7, 11) is -2.19. The van der Waals surface area contributed by atoms with Gasteiger partial charge in [0.15, 0.2) is 0 Å². The number of fused-ring (bicyclic) bond motifs is 1. The summed E-state index contributed by atoms with van der Waals surface area (Å²) in [5.74, 6) is 0.284. The van der Waals surface area contributed by atoms with Crippen LogP contribution in [0.3, 0.4) is 0 Å². The Bertz CT molecular complexity index is 1120. The highest BCUT2D eigenvalue weighted by Gasteiger charge is 2.10. The van der Waals surface area contributed by atoms with Crippen molar-refractivity contribution in [1.29, 1.82) is 0 Å². The summed E-state index contributed by atoms with van der Waals surface area (Å²) in [4.78, 5) is 12.1. The van der Waals surface area contributed by atoms with Crippen molar-refractivity contribution < 1.29 is 17.9 Å². The molecule has 7 nitrogen and oxygen atoms in total. The summed E-state index contributed by atoms with van der Waals surface area (Å²) in [6.45, 7) is 0. The average Bonchev–Trinajstić information content (AvgIpc) is 2.67. The SMILES string of the molecule is COc1ccc(C=NNC(=O)c2ccc(S(N)(=O)=O)cc2)c2ccccc12. The van der Waals surface area contributed by atoms with Crippen molar-refractivity contribution in [2.75, 3.05) is 7.11 Å². The fourth-order valence-corrected chi connectivity index (χ4v) is 3.12. The fourth-order valence-electron chi connectivity index (χ4n) is 2.61. The molecule has 3 N–H and O–H groups in total. The first-order chi connectivity index (χ1) is 12.9. The first-order valence-electron chi connectivity index (χ1n) is 7.92. The summed E-state index contributed by atoms with van der Waals surface area (Å²) in [6, 6.07) is 16.7. The number of primary sulfonamides is 1. The van der Waals surface area contributed by atoms with Crippen molar-refractivity contribution in [1.82, 2.24) is 5.43 Å². The number of rotatable bonds is 5. The molecule has 3 rings (SSSR count). The van der Waals surface area contributed by atoms with Crippen molar-refractivity contribution in [3.63, 3.8) is 0 Å². The van der Waals surface area contributed by atoms with Gasteiger partial charge < -0.3 is 4.74 Å². The van der Waals surface area contributed by atoms with Gasteiger partial charge in [0.2, 0.25) is 10.0 Å². The van der Waals surface area contributed by atoms with Crippen LogP contribution in [-0.4, -0.2) is 27.6 Å². The zero-order valence-corrected chi connectivity index (χ0v) is 15.2. The van der Waals surface area contributed by atoms with E-state index in [9.17, 15) is 13.2 Å². The Morgan fingerprint density at radius 3 is 2.33 bits per heavy atom. The van der Waals surface area contributed by atoms with Crippen LogP contribution in [0.2, 0.25) is 0 Å². The highest BCUT2D eigenvalue weighted by atomic mass is 32.2. The number of carbonyl (C=O) groups is 1. The van der Waals surface area contributed by atoms with E-state index in [1.807, 2.05) is 36.4 Å². The van der Waals surface area contributed by atoms with Crippen LogP contribution in [-0.2, 0) is 10.0 Å². The maximum Gasteiger partial charge on any atom is 0.271 e. The van der Waals surface area contributed by atoms with Gasteiger partial charge in [-0.25, -0.2) is 19.0 Å². The summed E-state index contributed by atoms with van der Waals surface area (Å²) < 4.78 is 27.8. The number of ether oxygens (including phenoxy) is 1. The molecular weight excluding hydrogens is 366 g/mol. The molecule has 138 valence electrons. The number of nitrogens with one attached hydrogen (secondary N) is 1. The fraction of sp³-hybridized carbons (Fsp3) is 0.0526. The molecule has 0 bridgehead atoms. The lowest BCUT2D eigenvalue weighted by molar-refractivity contribution is 0.0955. The van der Waals surface area contributed by atoms with Crippen LogP contribution in [0.1, 0.15) is 15.9 Å². The number of nitrogens with zero attached hydrogens (tertiary/aromatic N) is 1. The molecule has 0 aliphatic heterocycles. The van der Waals surface area contributed by atoms with Gasteiger partial charge >= 0.3 is 0 Å². The van der Waals surface area contributed by atoms with Crippen LogP contribution in [0.5, 0.6) is 5.75 Å². The van der Waals surface area contributed by atoms with Gasteiger partial charge in [-0.15, -0.1) is 0 Å². The molecule has 0 atom stereocenters. The van der Waals surface area contributed by atoms with E-state index in [1.54, 1.807) is 13.3 Å². The number of nitrogens with two attached hydrogens (primary N) is 1. The topological polar surface area (TPSA) is 111 Å². The van der Waals surface area contributed by atoms with Crippen molar-refractivity contribution in [3.05, 3.63) is 71.8 Å². The summed E-state index contributed by atoms with van der Waals surface area (Å²) >= 11 is 0. The molecule has 0 unspecified atom stereocenters. The maximum atomic E-state index is 12.1. The Morgan fingerprint density at radius 1 is 1.04 bits per heavy atom. The van der Waals surface area contributed by atoms with Crippen molar-refractivity contribution in [2.24, 2.45) is 10.2 Å². The number of amides is 1. The Balaban J connectivity index is 1.78. The van der Waals surface area contributed by atoms with Crippen molar-refractivity contribution in [2.45, 2.75) is 4.90 Å². The molecule has 0 radical (unpaired) electrons. The van der Waals surface area contributed by atoms with Crippen molar-refractivity contribution >= 4 is 32.9 Å². The molecule has 3 aromatic carbocycles. The van der Waals surface area contributed by atoms with Gasteiger partial charge in [-0.1, -0.05) is 24.3 Å². The van der Waals surface area contributed by atoms with Crippen LogP contribution in [0.25, 0.3) is 10.8 Å². The van der Waals surface area contributed by atoms with Crippen LogP contribution in [0, 0.1) is 0 Å². The van der Waals surface area contributed by atoms with E-state index in [1.165, 1.54) is 24.3 Å². The van der Waals surface area contributed by atoms with E-state index in [2.05, 4.69) is 10.5 Å². The number of hydrazone groups is 1. The predicted octanol–water partition coefficient (Wildman–Crippen LogP) is 2.26. The molecular formula is C19H17N3O4S. The molecule has 27 heavy (non-hydrogen) atoms. The number of benzene rings is 3. The van der Waals surface area contributed by atoms with E-state index in [0.717, 1.165) is 22.1 Å². The molecule has 0 saturated carbocycles. The molecule has 0 aliphatic carbocycles. The van der Waals surface area contributed by atoms with E-state index < -0.39 is 15.9 Å². The first-order valence-corrected chi connectivity index (χ1v) is 9.47. The third-order valence-corrected chi connectivity index (χ3v) is 4.88. The van der Waals surface area contributed by atoms with Gasteiger partial charge in [-0.2, -0.15) is 5.10 Å². The quantitative estimate of drug-likeness (QED) is 0.520. The standard InChI is InChI=1S/C19H17N3O4S/c1-26-18-11-8-14(16-4-2-3-5-17(16)18)12-21-22-19(23)13-6-9-15(10-7-13)27(20,24)25/h2-12H,1H3,(H,22,23)(H2,20,24,25). The van der Waals surface area contributed by atoms with Gasteiger partial charge in [0, 0.05) is 16.5 Å². The third-order valence-electron chi connectivity index (χ3n) is 3.95. The lowest BCUT2D eigenvalue weighted by atomic mass is 10.0. The van der Waals surface area contributed by atoms with E-state index in [-0.39, 0.29) is 10.5 Å². The Labute approximate surface area is 156 Å². The Morgan fingerprint density at radius 2 is 1.70 bits per heavy atom. The number of hydrogen-bond donors (Lipinski definition) is 2. The van der Waals surface area contributed by atoms with E-state index in [4.69, 9.17) is 9.88 Å². The highest BCUT2D eigenvalue weighted by Crippen LogP contribution is 2.27. The third kappa shape index (κ3) is 4.13. The molecule has 3 aromatic rings.